The molecule has 0 saturated carbocycles. The smallest absolute Gasteiger partial charge is 0.141 e. The van der Waals surface area contributed by atoms with Crippen LogP contribution in [0.25, 0.3) is 5.65 Å². The summed E-state index contributed by atoms with van der Waals surface area (Å²) in [6.45, 7) is 0.502. The SMILES string of the molecule is NCc1cccn2cc(Cc3ccc(Cl)cc3)nc12. The van der Waals surface area contributed by atoms with Gasteiger partial charge in [-0.25, -0.2) is 4.98 Å². The highest BCUT2D eigenvalue weighted by atomic mass is 35.5. The van der Waals surface area contributed by atoms with E-state index in [1.807, 2.05) is 53.2 Å². The van der Waals surface area contributed by atoms with Crippen LogP contribution < -0.4 is 5.73 Å². The number of hydrogen-bond donors (Lipinski definition) is 1. The summed E-state index contributed by atoms with van der Waals surface area (Å²) < 4.78 is 2.02. The zero-order chi connectivity index (χ0) is 13.2. The molecule has 0 amide bonds. The van der Waals surface area contributed by atoms with Crippen molar-refractivity contribution in [2.24, 2.45) is 5.73 Å². The molecule has 0 unspecified atom stereocenters. The van der Waals surface area contributed by atoms with Crippen LogP contribution in [0, 0.1) is 0 Å². The van der Waals surface area contributed by atoms with Crippen LogP contribution in [0.2, 0.25) is 5.02 Å². The average Bonchev–Trinajstić information content (AvgIpc) is 2.83. The van der Waals surface area contributed by atoms with Gasteiger partial charge in [-0.1, -0.05) is 29.8 Å². The maximum Gasteiger partial charge on any atom is 0.141 e. The van der Waals surface area contributed by atoms with Crippen molar-refractivity contribution < 1.29 is 0 Å². The number of fused-ring (bicyclic) bond motifs is 1. The lowest BCUT2D eigenvalue weighted by Crippen LogP contribution is -1.99. The minimum Gasteiger partial charge on any atom is -0.326 e. The fraction of sp³-hybridized carbons (Fsp3) is 0.133. The molecule has 2 aromatic heterocycles. The number of imidazole rings is 1. The summed E-state index contributed by atoms with van der Waals surface area (Å²) in [6, 6.07) is 11.8. The monoisotopic (exact) mass is 271 g/mol. The molecule has 0 bridgehead atoms. The van der Waals surface area contributed by atoms with E-state index in [1.54, 1.807) is 0 Å². The molecule has 4 heteroatoms. The highest BCUT2D eigenvalue weighted by Gasteiger charge is 2.06. The summed E-state index contributed by atoms with van der Waals surface area (Å²) in [4.78, 5) is 4.65. The molecule has 3 aromatic rings. The lowest BCUT2D eigenvalue weighted by atomic mass is 10.1. The number of rotatable bonds is 3. The quantitative estimate of drug-likeness (QED) is 0.796. The summed E-state index contributed by atoms with van der Waals surface area (Å²) in [6.07, 6.45) is 4.83. The van der Waals surface area contributed by atoms with Gasteiger partial charge >= 0.3 is 0 Å². The molecule has 3 rings (SSSR count). The summed E-state index contributed by atoms with van der Waals surface area (Å²) in [7, 11) is 0. The fourth-order valence-corrected chi connectivity index (χ4v) is 2.30. The van der Waals surface area contributed by atoms with E-state index in [-0.39, 0.29) is 0 Å². The van der Waals surface area contributed by atoms with Crippen LogP contribution in [0.15, 0.2) is 48.8 Å². The van der Waals surface area contributed by atoms with Gasteiger partial charge in [-0.05, 0) is 23.8 Å². The molecule has 19 heavy (non-hydrogen) atoms. The molecular formula is C15H14ClN3. The minimum absolute atomic E-state index is 0.502. The van der Waals surface area contributed by atoms with E-state index in [2.05, 4.69) is 4.98 Å². The summed E-state index contributed by atoms with van der Waals surface area (Å²) in [5.74, 6) is 0. The second-order valence-electron chi connectivity index (χ2n) is 4.50. The Labute approximate surface area is 116 Å². The van der Waals surface area contributed by atoms with Crippen molar-refractivity contribution in [1.29, 1.82) is 0 Å². The molecule has 3 nitrogen and oxygen atoms in total. The molecule has 0 aliphatic heterocycles. The number of hydrogen-bond acceptors (Lipinski definition) is 2. The van der Waals surface area contributed by atoms with Gasteiger partial charge in [0.15, 0.2) is 0 Å². The molecule has 1 aromatic carbocycles. The summed E-state index contributed by atoms with van der Waals surface area (Å²) >= 11 is 5.88. The molecule has 2 N–H and O–H groups in total. The van der Waals surface area contributed by atoms with Gasteiger partial charge in [0.2, 0.25) is 0 Å². The lowest BCUT2D eigenvalue weighted by Gasteiger charge is -1.98. The van der Waals surface area contributed by atoms with E-state index in [1.165, 1.54) is 5.56 Å². The average molecular weight is 272 g/mol. The van der Waals surface area contributed by atoms with Crippen LogP contribution >= 0.6 is 11.6 Å². The number of nitrogens with two attached hydrogens (primary N) is 1. The van der Waals surface area contributed by atoms with Crippen LogP contribution in [0.1, 0.15) is 16.8 Å². The summed E-state index contributed by atoms with van der Waals surface area (Å²) in [5, 5.41) is 0.754. The van der Waals surface area contributed by atoms with Crippen molar-refractivity contribution >= 4 is 17.2 Å². The van der Waals surface area contributed by atoms with Crippen molar-refractivity contribution in [3.63, 3.8) is 0 Å². The van der Waals surface area contributed by atoms with Gasteiger partial charge < -0.3 is 10.1 Å². The van der Waals surface area contributed by atoms with Gasteiger partial charge in [-0.15, -0.1) is 0 Å². The molecule has 96 valence electrons. The maximum atomic E-state index is 5.88. The van der Waals surface area contributed by atoms with Crippen LogP contribution in [0.4, 0.5) is 0 Å². The second-order valence-corrected chi connectivity index (χ2v) is 4.94. The first kappa shape index (κ1) is 12.2. The van der Waals surface area contributed by atoms with Crippen molar-refractivity contribution in [2.75, 3.05) is 0 Å². The first-order valence-corrected chi connectivity index (χ1v) is 6.54. The van der Waals surface area contributed by atoms with Gasteiger partial charge in [-0.2, -0.15) is 0 Å². The number of aromatic nitrogens is 2. The predicted octanol–water partition coefficient (Wildman–Crippen LogP) is 3.04. The molecular weight excluding hydrogens is 258 g/mol. The Hall–Kier alpha value is -1.84. The third-order valence-electron chi connectivity index (χ3n) is 3.13. The first-order chi connectivity index (χ1) is 9.26. The third-order valence-corrected chi connectivity index (χ3v) is 3.38. The van der Waals surface area contributed by atoms with Gasteiger partial charge in [0.25, 0.3) is 0 Å². The number of benzene rings is 1. The van der Waals surface area contributed by atoms with Crippen LogP contribution in [0.3, 0.4) is 0 Å². The van der Waals surface area contributed by atoms with E-state index in [0.29, 0.717) is 6.54 Å². The molecule has 0 radical (unpaired) electrons. The first-order valence-electron chi connectivity index (χ1n) is 6.16. The molecule has 0 fully saturated rings. The molecule has 0 atom stereocenters. The zero-order valence-electron chi connectivity index (χ0n) is 10.4. The Morgan fingerprint density at radius 2 is 1.95 bits per heavy atom. The fourth-order valence-electron chi connectivity index (χ4n) is 2.18. The third kappa shape index (κ3) is 2.48. The van der Waals surface area contributed by atoms with E-state index < -0.39 is 0 Å². The van der Waals surface area contributed by atoms with Crippen LogP contribution in [-0.2, 0) is 13.0 Å². The largest absolute Gasteiger partial charge is 0.326 e. The zero-order valence-corrected chi connectivity index (χ0v) is 11.1. The Bertz CT molecular complexity index is 701. The maximum absolute atomic E-state index is 5.88. The van der Waals surface area contributed by atoms with Gasteiger partial charge in [0.05, 0.1) is 5.69 Å². The molecule has 2 heterocycles. The predicted molar refractivity (Wildman–Crippen MR) is 77.3 cm³/mol. The Balaban J connectivity index is 1.95. The van der Waals surface area contributed by atoms with Crippen molar-refractivity contribution in [1.82, 2.24) is 9.38 Å². The highest BCUT2D eigenvalue weighted by molar-refractivity contribution is 6.30. The minimum atomic E-state index is 0.502. The van der Waals surface area contributed by atoms with E-state index >= 15 is 0 Å². The number of pyridine rings is 1. The van der Waals surface area contributed by atoms with E-state index in [9.17, 15) is 0 Å². The summed E-state index contributed by atoms with van der Waals surface area (Å²) in [5.41, 5.74) is 9.95. The van der Waals surface area contributed by atoms with Gasteiger partial charge in [0, 0.05) is 35.9 Å². The van der Waals surface area contributed by atoms with Crippen molar-refractivity contribution in [3.8, 4) is 0 Å². The normalized spacial score (nSPS) is 11.1. The number of nitrogens with zero attached hydrogens (tertiary/aromatic N) is 2. The molecule has 0 saturated heterocycles. The Morgan fingerprint density at radius 3 is 2.68 bits per heavy atom. The Kier molecular flexibility index (Phi) is 3.23. The molecule has 0 aliphatic carbocycles. The standard InChI is InChI=1S/C15H14ClN3/c16-13-5-3-11(4-6-13)8-14-10-19-7-1-2-12(9-17)15(19)18-14/h1-7,10H,8-9,17H2. The van der Waals surface area contributed by atoms with Gasteiger partial charge in [-0.3, -0.25) is 0 Å². The van der Waals surface area contributed by atoms with E-state index in [0.717, 1.165) is 28.3 Å². The van der Waals surface area contributed by atoms with Crippen LogP contribution in [-0.4, -0.2) is 9.38 Å². The number of halogens is 1. The molecule has 0 aliphatic rings. The van der Waals surface area contributed by atoms with Gasteiger partial charge in [0.1, 0.15) is 5.65 Å². The topological polar surface area (TPSA) is 43.3 Å². The molecule has 0 spiro atoms. The lowest BCUT2D eigenvalue weighted by molar-refractivity contribution is 1.04. The Morgan fingerprint density at radius 1 is 1.16 bits per heavy atom. The van der Waals surface area contributed by atoms with Crippen LogP contribution in [0.5, 0.6) is 0 Å². The second kappa shape index (κ2) is 5.03. The van der Waals surface area contributed by atoms with E-state index in [4.69, 9.17) is 17.3 Å². The van der Waals surface area contributed by atoms with Crippen molar-refractivity contribution in [3.05, 3.63) is 70.6 Å². The van der Waals surface area contributed by atoms with Crippen molar-refractivity contribution in [2.45, 2.75) is 13.0 Å². The highest BCUT2D eigenvalue weighted by Crippen LogP contribution is 2.15.